The Kier molecular flexibility index (Phi) is 23.4. The summed E-state index contributed by atoms with van der Waals surface area (Å²) in [5.41, 5.74) is 7.92. The second kappa shape index (κ2) is 33.1. The molecule has 0 saturated carbocycles. The summed E-state index contributed by atoms with van der Waals surface area (Å²) in [5.74, 6) is -17.3. The number of benzene rings is 9. The molecular weight excluding hydrogens is 1620 g/mol. The zero-order valence-corrected chi connectivity index (χ0v) is 66.0. The maximum atomic E-state index is 16.3. The van der Waals surface area contributed by atoms with Gasteiger partial charge in [-0.2, -0.15) is 8.42 Å². The van der Waals surface area contributed by atoms with Crippen LogP contribution >= 0.6 is 23.2 Å². The first-order chi connectivity index (χ1) is 56.3. The van der Waals surface area contributed by atoms with E-state index in [1.54, 1.807) is 19.1 Å². The highest BCUT2D eigenvalue weighted by Crippen LogP contribution is 2.51. The Hall–Kier alpha value is -11.3. The van der Waals surface area contributed by atoms with Crippen molar-refractivity contribution in [1.82, 2.24) is 31.9 Å². The highest BCUT2D eigenvalue weighted by Gasteiger charge is 2.52. The molecule has 34 nitrogen and oxygen atoms in total. The van der Waals surface area contributed by atoms with Crippen LogP contribution in [0.3, 0.4) is 0 Å². The van der Waals surface area contributed by atoms with Gasteiger partial charge in [0.15, 0.2) is 29.9 Å². The number of hydrogen-bond acceptors (Lipinski definition) is 26. The zero-order chi connectivity index (χ0) is 85.4. The molecule has 0 radical (unpaired) electrons. The Bertz CT molecular complexity index is 5640. The van der Waals surface area contributed by atoms with Gasteiger partial charge in [0, 0.05) is 40.6 Å². The molecule has 16 rings (SSSR count). The predicted octanol–water partition coefficient (Wildman–Crippen LogP) is 5.46. The van der Waals surface area contributed by atoms with E-state index in [0.29, 0.717) is 10.8 Å². The molecule has 2 fully saturated rings. The number of ether oxygens (including phenoxy) is 6. The summed E-state index contributed by atoms with van der Waals surface area (Å²) in [4.78, 5) is 118. The first-order valence-corrected chi connectivity index (χ1v) is 39.7. The molecule has 11 bridgehead atoms. The van der Waals surface area contributed by atoms with E-state index < -0.39 is 258 Å². The molecule has 2 saturated heterocycles. The third-order valence-electron chi connectivity index (χ3n) is 21.6. The molecule has 0 aromatic heterocycles. The van der Waals surface area contributed by atoms with Gasteiger partial charge in [-0.3, -0.25) is 37.7 Å². The average Bonchev–Trinajstić information content (AvgIpc) is 0.741. The molecule has 7 amide bonds. The number of carbonyl (C=O) groups excluding carboxylic acids is 7. The summed E-state index contributed by atoms with van der Waals surface area (Å²) in [6.07, 6.45) is -20.0. The Labute approximate surface area is 687 Å². The summed E-state index contributed by atoms with van der Waals surface area (Å²) in [7, 11) is -4.86. The van der Waals surface area contributed by atoms with Crippen molar-refractivity contribution in [3.05, 3.63) is 171 Å². The fraction of sp³-hybridized carbons (Fsp3) is 0.341. The molecule has 7 aliphatic heterocycles. The number of nitrogens with one attached hydrogen (secondary N) is 6. The van der Waals surface area contributed by atoms with Crippen LogP contribution in [0.25, 0.3) is 43.4 Å². The largest absolute Gasteiger partial charge is 0.508 e. The second-order valence-corrected chi connectivity index (χ2v) is 33.2. The van der Waals surface area contributed by atoms with Gasteiger partial charge < -0.3 is 118 Å². The summed E-state index contributed by atoms with van der Waals surface area (Å²) in [5, 5.41) is 124. The number of hydrogen-bond donors (Lipinski definition) is 17. The van der Waals surface area contributed by atoms with E-state index in [4.69, 9.17) is 67.3 Å². The number of aliphatic hydroxyl groups is 5. The number of fused-ring (bicyclic) bond motifs is 15. The first-order valence-electron chi connectivity index (χ1n) is 37.6. The minimum absolute atomic E-state index is 0.0687. The number of aliphatic carboxylic acids is 1. The number of amides is 7. The van der Waals surface area contributed by atoms with Gasteiger partial charge in [0.05, 0.1) is 40.2 Å². The molecule has 626 valence electrons. The van der Waals surface area contributed by atoms with E-state index in [-0.39, 0.29) is 40.3 Å². The van der Waals surface area contributed by atoms with Gasteiger partial charge in [0.2, 0.25) is 53.4 Å². The van der Waals surface area contributed by atoms with Crippen LogP contribution in [0, 0.1) is 11.8 Å². The van der Waals surface area contributed by atoms with E-state index in [9.17, 15) is 73.6 Å². The van der Waals surface area contributed by atoms with Crippen molar-refractivity contribution in [2.45, 2.75) is 162 Å². The van der Waals surface area contributed by atoms with Gasteiger partial charge in [-0.1, -0.05) is 105 Å². The van der Waals surface area contributed by atoms with Crippen LogP contribution in [0.2, 0.25) is 10.0 Å². The number of halogens is 2. The Morgan fingerprint density at radius 1 is 0.647 bits per heavy atom. The number of aromatic hydroxyl groups is 3. The molecule has 18 atom stereocenters. The van der Waals surface area contributed by atoms with Crippen molar-refractivity contribution in [1.29, 1.82) is 0 Å². The van der Waals surface area contributed by atoms with Crippen LogP contribution in [-0.4, -0.2) is 181 Å². The quantitative estimate of drug-likeness (QED) is 0.0447. The fourth-order valence-electron chi connectivity index (χ4n) is 15.6. The summed E-state index contributed by atoms with van der Waals surface area (Å²) in [6, 6.07) is 15.6. The van der Waals surface area contributed by atoms with Crippen molar-refractivity contribution in [3.8, 4) is 57.1 Å². The van der Waals surface area contributed by atoms with E-state index in [0.717, 1.165) is 88.3 Å². The minimum atomic E-state index is -4.86. The number of carboxylic acids is 1. The zero-order valence-electron chi connectivity index (χ0n) is 63.7. The summed E-state index contributed by atoms with van der Waals surface area (Å²) in [6.45, 7) is 7.08. The number of carboxylic acid groups (broad SMARTS) is 1. The highest BCUT2D eigenvalue weighted by molar-refractivity contribution is 7.86. The van der Waals surface area contributed by atoms with Crippen molar-refractivity contribution in [2.24, 2.45) is 23.3 Å². The molecule has 7 heterocycles. The summed E-state index contributed by atoms with van der Waals surface area (Å²) >= 11 is 14.3. The van der Waals surface area contributed by atoms with Crippen LogP contribution in [0.1, 0.15) is 112 Å². The number of aliphatic hydroxyl groups excluding tert-OH is 5. The number of primary amides is 1. The van der Waals surface area contributed by atoms with Gasteiger partial charge in [-0.25, -0.2) is 4.79 Å². The lowest BCUT2D eigenvalue weighted by atomic mass is 9.86. The lowest BCUT2D eigenvalue weighted by Gasteiger charge is -2.47. The van der Waals surface area contributed by atoms with Crippen molar-refractivity contribution >= 4 is 113 Å². The molecule has 0 aliphatic carbocycles. The maximum Gasteiger partial charge on any atom is 0.330 e. The lowest BCUT2D eigenvalue weighted by Crippen LogP contribution is -2.64. The standard InChI is InChI=1S/C82H82Cl2N8O26S/c1-32(2)19-33(3)74(102)91-65-67(97)40-14-17-52(47(83)23-40)114-54-25-42-26-55(71(54)118-81-72(117-58-30-82(5,86)73(101)34(4)113-58)70(100)69(99)56(116-81)31-112-119(110,111)44-20-37-11-9-35-7-6-8-36-10-12-38(21-44)60(37)59(35)36)115-53-18-15-41(24-48(53)84)68(98)66-79(107)90-64(80(108)109)46-27-43(93)28-51(95)61(46)45-22-39(13-16-50(45)94)62(76(104)92-66)89-77(105)63(42)88-75(103)49(29-57(85)96)87-78(65)106/h6-18,20-28,32-34,49,56,58,62-70,72-73,81,93-95,97-101H,19,29-31,86H2,1-5H3,(H2,85,96)(H,87,106)(H,88,103)(H,89,105)(H,90,107)(H,91,102)(H,92,104)(H,108,109)/t33-,34?,49-,56?,58?,62?,63+,64+,65+,66-,67+,68+,69?,70?,72?,73?,81?,82?/m0/s1. The third kappa shape index (κ3) is 17.0. The fourth-order valence-corrected chi connectivity index (χ4v) is 17.0. The lowest BCUT2D eigenvalue weighted by molar-refractivity contribution is -0.333. The van der Waals surface area contributed by atoms with Crippen molar-refractivity contribution in [2.75, 3.05) is 6.61 Å². The Morgan fingerprint density at radius 2 is 1.24 bits per heavy atom. The highest BCUT2D eigenvalue weighted by atomic mass is 35.5. The Balaban J connectivity index is 0.968. The van der Waals surface area contributed by atoms with Gasteiger partial charge in [0.1, 0.15) is 89.5 Å². The minimum Gasteiger partial charge on any atom is -0.508 e. The number of carbonyl (C=O) groups is 8. The molecule has 9 aromatic carbocycles. The van der Waals surface area contributed by atoms with E-state index in [1.807, 2.05) is 44.2 Å². The molecule has 10 unspecified atom stereocenters. The maximum absolute atomic E-state index is 16.3. The van der Waals surface area contributed by atoms with Crippen LogP contribution in [-0.2, 0) is 66.9 Å². The number of phenols is 3. The summed E-state index contributed by atoms with van der Waals surface area (Å²) < 4.78 is 74.5. The van der Waals surface area contributed by atoms with E-state index in [1.165, 1.54) is 38.1 Å². The van der Waals surface area contributed by atoms with Crippen molar-refractivity contribution < 1.29 is 125 Å². The SMILES string of the molecule is CC(C)C[C@H](C)C(=O)N[C@H]1C(=O)N[C@@H](CC(N)=O)C(=O)N[C@H]2C(=O)NC3C(=O)N[C@H](C(=O)N[C@@H](C(=O)O)c4cc(O)cc(O)c4-c4cc3ccc4O)[C@H](O)c3ccc(c(Cl)c3)Oc3cc2cc(c3OC2OC(COS(=O)(=O)c3cc4ccc5cccc6ccc(c3)c4c56)C(O)C(O)C2OC2CC(C)(N)C(O)C(C)O2)Oc2ccc(cc2Cl)[C@H]1O. The molecule has 119 heavy (non-hydrogen) atoms. The molecule has 7 aliphatic rings. The van der Waals surface area contributed by atoms with E-state index in [2.05, 4.69) is 31.9 Å². The van der Waals surface area contributed by atoms with Gasteiger partial charge >= 0.3 is 5.97 Å². The first kappa shape index (κ1) is 84.2. The average molecular weight is 1700 g/mol. The Morgan fingerprint density at radius 3 is 1.84 bits per heavy atom. The van der Waals surface area contributed by atoms with E-state index >= 15 is 19.2 Å². The topological polar surface area (TPSA) is 542 Å². The molecular formula is C82H82Cl2N8O26S. The third-order valence-corrected chi connectivity index (χ3v) is 23.5. The van der Waals surface area contributed by atoms with Crippen molar-refractivity contribution in [3.63, 3.8) is 0 Å². The second-order valence-electron chi connectivity index (χ2n) is 30.8. The van der Waals surface area contributed by atoms with Crippen LogP contribution in [0.5, 0.6) is 46.0 Å². The molecule has 9 aromatic rings. The molecule has 19 N–H and O–H groups in total. The number of nitrogens with two attached hydrogens (primary N) is 2. The normalized spacial score (nSPS) is 27.1. The number of rotatable bonds is 15. The van der Waals surface area contributed by atoms with Crippen LogP contribution in [0.15, 0.2) is 138 Å². The monoisotopic (exact) mass is 1700 g/mol. The smallest absolute Gasteiger partial charge is 0.330 e. The predicted molar refractivity (Wildman–Crippen MR) is 422 cm³/mol. The number of phenolic OH excluding ortho intramolecular Hbond substituents is 3. The van der Waals surface area contributed by atoms with Gasteiger partial charge in [0.25, 0.3) is 10.1 Å². The van der Waals surface area contributed by atoms with Gasteiger partial charge in [-0.15, -0.1) is 0 Å². The van der Waals surface area contributed by atoms with Crippen LogP contribution < -0.4 is 57.6 Å². The van der Waals surface area contributed by atoms with Gasteiger partial charge in [-0.05, 0) is 147 Å². The molecule has 37 heteroatoms. The van der Waals surface area contributed by atoms with Crippen LogP contribution in [0.4, 0.5) is 0 Å². The molecule has 0 spiro atoms.